The van der Waals surface area contributed by atoms with Gasteiger partial charge < -0.3 is 5.32 Å². The van der Waals surface area contributed by atoms with E-state index in [0.717, 1.165) is 23.5 Å². The molecule has 1 rings (SSSR count). The Bertz CT molecular complexity index is 378. The van der Waals surface area contributed by atoms with Crippen molar-refractivity contribution in [2.24, 2.45) is 4.99 Å². The molecule has 0 fully saturated rings. The van der Waals surface area contributed by atoms with Crippen molar-refractivity contribution in [1.82, 2.24) is 5.32 Å². The van der Waals surface area contributed by atoms with E-state index < -0.39 is 0 Å². The molecule has 0 aromatic heterocycles. The van der Waals surface area contributed by atoms with Gasteiger partial charge in [0.05, 0.1) is 0 Å². The van der Waals surface area contributed by atoms with Crippen LogP contribution in [0, 0.1) is 6.92 Å². The van der Waals surface area contributed by atoms with Gasteiger partial charge in [-0.25, -0.2) is 0 Å². The molecule has 1 aromatic rings. The molecule has 0 amide bonds. The summed E-state index contributed by atoms with van der Waals surface area (Å²) in [5.41, 5.74) is 3.47. The number of amidine groups is 1. The number of nitrogens with zero attached hydrogens (tertiary/aromatic N) is 1. The van der Waals surface area contributed by atoms with Crippen LogP contribution >= 0.6 is 0 Å². The third kappa shape index (κ3) is 3.58. The average Bonchev–Trinajstić information content (AvgIpc) is 2.18. The van der Waals surface area contributed by atoms with E-state index in [-0.39, 0.29) is 0 Å². The minimum atomic E-state index is 0.764. The quantitative estimate of drug-likeness (QED) is 0.454. The Morgan fingerprint density at radius 2 is 2.20 bits per heavy atom. The summed E-state index contributed by atoms with van der Waals surface area (Å²) in [4.78, 5) is 4.24. The highest BCUT2D eigenvalue weighted by Crippen LogP contribution is 2.04. The number of hydrogen-bond acceptors (Lipinski definition) is 1. The van der Waals surface area contributed by atoms with E-state index >= 15 is 0 Å². The lowest BCUT2D eigenvalue weighted by Gasteiger charge is -2.09. The van der Waals surface area contributed by atoms with Crippen LogP contribution in [0.3, 0.4) is 0 Å². The minimum Gasteiger partial charge on any atom is -0.366 e. The Morgan fingerprint density at radius 1 is 1.47 bits per heavy atom. The number of hydrogen-bond donors (Lipinski definition) is 1. The normalized spacial score (nSPS) is 11.3. The summed E-state index contributed by atoms with van der Waals surface area (Å²) in [7, 11) is 1.79. The van der Waals surface area contributed by atoms with Gasteiger partial charge in [-0.2, -0.15) is 0 Å². The van der Waals surface area contributed by atoms with Gasteiger partial charge in [-0.3, -0.25) is 4.99 Å². The fourth-order valence-corrected chi connectivity index (χ4v) is 1.34. The zero-order valence-electron chi connectivity index (χ0n) is 9.67. The standard InChI is InChI=1S/C13H18N2/c1-10(2)9-15-13(14-4)12-7-5-6-11(3)8-12/h5-8H,1,9H2,2-4H3,(H,14,15). The molecule has 0 bridgehead atoms. The molecule has 2 heteroatoms. The van der Waals surface area contributed by atoms with E-state index in [1.807, 2.05) is 13.0 Å². The second-order valence-electron chi connectivity index (χ2n) is 3.75. The molecule has 0 aliphatic rings. The molecule has 0 spiro atoms. The van der Waals surface area contributed by atoms with Crippen LogP contribution < -0.4 is 5.32 Å². The summed E-state index contributed by atoms with van der Waals surface area (Å²) in [5, 5.41) is 3.26. The first-order chi connectivity index (χ1) is 7.13. The molecule has 0 radical (unpaired) electrons. The van der Waals surface area contributed by atoms with E-state index in [4.69, 9.17) is 0 Å². The topological polar surface area (TPSA) is 24.4 Å². The van der Waals surface area contributed by atoms with E-state index in [9.17, 15) is 0 Å². The van der Waals surface area contributed by atoms with Gasteiger partial charge >= 0.3 is 0 Å². The Morgan fingerprint density at radius 3 is 2.73 bits per heavy atom. The monoisotopic (exact) mass is 202 g/mol. The highest BCUT2D eigenvalue weighted by Gasteiger charge is 2.01. The van der Waals surface area contributed by atoms with Crippen LogP contribution in [-0.2, 0) is 0 Å². The lowest BCUT2D eigenvalue weighted by molar-refractivity contribution is 0.981. The van der Waals surface area contributed by atoms with Gasteiger partial charge in [0, 0.05) is 19.2 Å². The molecule has 0 saturated heterocycles. The van der Waals surface area contributed by atoms with Gasteiger partial charge in [0.2, 0.25) is 0 Å². The maximum atomic E-state index is 4.24. The van der Waals surface area contributed by atoms with Crippen LogP contribution in [0.5, 0.6) is 0 Å². The van der Waals surface area contributed by atoms with Crippen molar-refractivity contribution in [3.63, 3.8) is 0 Å². The van der Waals surface area contributed by atoms with E-state index in [1.165, 1.54) is 5.56 Å². The van der Waals surface area contributed by atoms with Crippen LogP contribution in [0.1, 0.15) is 18.1 Å². The molecule has 1 N–H and O–H groups in total. The minimum absolute atomic E-state index is 0.764. The van der Waals surface area contributed by atoms with Gasteiger partial charge in [0.1, 0.15) is 5.84 Å². The Kier molecular flexibility index (Phi) is 4.10. The zero-order valence-corrected chi connectivity index (χ0v) is 9.67. The molecule has 0 aliphatic carbocycles. The van der Waals surface area contributed by atoms with E-state index in [0.29, 0.717) is 0 Å². The van der Waals surface area contributed by atoms with Crippen molar-refractivity contribution < 1.29 is 0 Å². The van der Waals surface area contributed by atoms with Crippen molar-refractivity contribution in [2.45, 2.75) is 13.8 Å². The highest BCUT2D eigenvalue weighted by atomic mass is 15.0. The maximum Gasteiger partial charge on any atom is 0.128 e. The van der Waals surface area contributed by atoms with Crippen molar-refractivity contribution in [3.8, 4) is 0 Å². The second kappa shape index (κ2) is 5.35. The number of benzene rings is 1. The summed E-state index contributed by atoms with van der Waals surface area (Å²) in [5.74, 6) is 0.918. The molecule has 15 heavy (non-hydrogen) atoms. The smallest absolute Gasteiger partial charge is 0.128 e. The summed E-state index contributed by atoms with van der Waals surface area (Å²) in [6.07, 6.45) is 0. The van der Waals surface area contributed by atoms with Gasteiger partial charge in [0.15, 0.2) is 0 Å². The number of nitrogens with one attached hydrogen (secondary N) is 1. The molecular weight excluding hydrogens is 184 g/mol. The Balaban J connectivity index is 2.80. The number of aliphatic imine (C=N–C) groups is 1. The molecule has 0 heterocycles. The summed E-state index contributed by atoms with van der Waals surface area (Å²) < 4.78 is 0. The van der Waals surface area contributed by atoms with Crippen LogP contribution in [0.2, 0.25) is 0 Å². The van der Waals surface area contributed by atoms with Crippen LogP contribution in [0.15, 0.2) is 41.4 Å². The maximum absolute atomic E-state index is 4.24. The molecule has 80 valence electrons. The molecule has 0 unspecified atom stereocenters. The fourth-order valence-electron chi connectivity index (χ4n) is 1.34. The predicted molar refractivity (Wildman–Crippen MR) is 66.5 cm³/mol. The zero-order chi connectivity index (χ0) is 11.3. The Hall–Kier alpha value is -1.57. The average molecular weight is 202 g/mol. The molecule has 2 nitrogen and oxygen atoms in total. The fraction of sp³-hybridized carbons (Fsp3) is 0.308. The van der Waals surface area contributed by atoms with E-state index in [2.05, 4.69) is 42.0 Å². The number of rotatable bonds is 3. The first kappa shape index (κ1) is 11.5. The van der Waals surface area contributed by atoms with Gasteiger partial charge in [-0.15, -0.1) is 0 Å². The SMILES string of the molecule is C=C(C)CN/C(=N\C)c1cccc(C)c1. The van der Waals surface area contributed by atoms with Crippen LogP contribution in [-0.4, -0.2) is 19.4 Å². The largest absolute Gasteiger partial charge is 0.366 e. The van der Waals surface area contributed by atoms with Crippen LogP contribution in [0.25, 0.3) is 0 Å². The second-order valence-corrected chi connectivity index (χ2v) is 3.75. The van der Waals surface area contributed by atoms with Crippen molar-refractivity contribution in [1.29, 1.82) is 0 Å². The molecule has 0 saturated carbocycles. The Labute approximate surface area is 91.7 Å². The third-order valence-electron chi connectivity index (χ3n) is 2.07. The van der Waals surface area contributed by atoms with Crippen LogP contribution in [0.4, 0.5) is 0 Å². The number of aryl methyl sites for hydroxylation is 1. The molecule has 1 aromatic carbocycles. The lowest BCUT2D eigenvalue weighted by Crippen LogP contribution is -2.25. The van der Waals surface area contributed by atoms with Gasteiger partial charge in [-0.1, -0.05) is 35.9 Å². The summed E-state index contributed by atoms with van der Waals surface area (Å²) in [6, 6.07) is 8.29. The first-order valence-electron chi connectivity index (χ1n) is 5.05. The third-order valence-corrected chi connectivity index (χ3v) is 2.07. The first-order valence-corrected chi connectivity index (χ1v) is 5.05. The predicted octanol–water partition coefficient (Wildman–Crippen LogP) is 2.54. The summed E-state index contributed by atoms with van der Waals surface area (Å²) in [6.45, 7) is 8.70. The van der Waals surface area contributed by atoms with Crippen molar-refractivity contribution in [2.75, 3.05) is 13.6 Å². The van der Waals surface area contributed by atoms with Gasteiger partial charge in [-0.05, 0) is 19.9 Å². The van der Waals surface area contributed by atoms with Crippen molar-refractivity contribution in [3.05, 3.63) is 47.5 Å². The molecule has 0 atom stereocenters. The lowest BCUT2D eigenvalue weighted by atomic mass is 10.1. The molecular formula is C13H18N2. The summed E-state index contributed by atoms with van der Waals surface area (Å²) >= 11 is 0. The molecule has 0 aliphatic heterocycles. The van der Waals surface area contributed by atoms with E-state index in [1.54, 1.807) is 7.05 Å². The van der Waals surface area contributed by atoms with Gasteiger partial charge in [0.25, 0.3) is 0 Å². The highest BCUT2D eigenvalue weighted by molar-refractivity contribution is 5.98. The van der Waals surface area contributed by atoms with Crippen molar-refractivity contribution >= 4 is 5.84 Å².